The van der Waals surface area contributed by atoms with Crippen molar-refractivity contribution in [3.05, 3.63) is 24.3 Å². The number of anilines is 1. The van der Waals surface area contributed by atoms with Crippen molar-refractivity contribution >= 4 is 5.82 Å². The third kappa shape index (κ3) is 3.76. The number of piperidine rings is 1. The van der Waals surface area contributed by atoms with Crippen LogP contribution in [-0.2, 0) is 6.54 Å². The minimum Gasteiger partial charge on any atom is -0.478 e. The molecule has 124 valence electrons. The predicted molar refractivity (Wildman–Crippen MR) is 84.4 cm³/mol. The Hall–Kier alpha value is -2.22. The number of aryl methyl sites for hydroxylation is 1. The molecule has 0 radical (unpaired) electrons. The lowest BCUT2D eigenvalue weighted by molar-refractivity contribution is -0.00356. The number of nitrogens with zero attached hydrogens (tertiary/aromatic N) is 6. The molecule has 1 N–H and O–H groups in total. The van der Waals surface area contributed by atoms with E-state index in [1.807, 2.05) is 19.9 Å². The van der Waals surface area contributed by atoms with Crippen LogP contribution in [0.15, 0.2) is 18.5 Å². The van der Waals surface area contributed by atoms with Crippen LogP contribution in [-0.4, -0.2) is 55.4 Å². The van der Waals surface area contributed by atoms with E-state index in [1.54, 1.807) is 17.1 Å². The zero-order chi connectivity index (χ0) is 16.3. The summed E-state index contributed by atoms with van der Waals surface area (Å²) >= 11 is 0. The minimum absolute atomic E-state index is 0.466. The quantitative estimate of drug-likeness (QED) is 0.872. The monoisotopic (exact) mass is 318 g/mol. The molecule has 8 heteroatoms. The topological polar surface area (TPSA) is 89.2 Å². The van der Waals surface area contributed by atoms with E-state index >= 15 is 0 Å². The number of ether oxygens (including phenoxy) is 1. The maximum Gasteiger partial charge on any atom is 0.218 e. The van der Waals surface area contributed by atoms with Gasteiger partial charge in [-0.3, -0.25) is 0 Å². The Bertz CT molecular complexity index is 637. The molecule has 1 saturated heterocycles. The molecule has 1 aliphatic heterocycles. The molecule has 0 amide bonds. The Balaban J connectivity index is 1.66. The molecule has 1 fully saturated rings. The van der Waals surface area contributed by atoms with E-state index in [9.17, 15) is 5.11 Å². The zero-order valence-electron chi connectivity index (χ0n) is 13.5. The van der Waals surface area contributed by atoms with Gasteiger partial charge in [-0.2, -0.15) is 4.98 Å². The maximum absolute atomic E-state index is 10.7. The molecule has 3 rings (SSSR count). The average Bonchev–Trinajstić information content (AvgIpc) is 3.00. The Labute approximate surface area is 135 Å². The molecule has 0 atom stereocenters. The maximum atomic E-state index is 10.7. The number of aromatic nitrogens is 5. The van der Waals surface area contributed by atoms with E-state index in [-0.39, 0.29) is 0 Å². The molecule has 1 aliphatic rings. The number of hydrogen-bond acceptors (Lipinski definition) is 7. The summed E-state index contributed by atoms with van der Waals surface area (Å²) in [5.74, 6) is 2.14. The van der Waals surface area contributed by atoms with Crippen LogP contribution in [0.2, 0.25) is 0 Å². The normalized spacial score (nSPS) is 17.3. The molecule has 2 aromatic rings. The smallest absolute Gasteiger partial charge is 0.218 e. The molecule has 0 aromatic carbocycles. The third-order valence-electron chi connectivity index (χ3n) is 4.04. The van der Waals surface area contributed by atoms with Gasteiger partial charge in [0.15, 0.2) is 0 Å². The summed E-state index contributed by atoms with van der Waals surface area (Å²) in [6.07, 6.45) is 4.70. The molecule has 23 heavy (non-hydrogen) atoms. The van der Waals surface area contributed by atoms with Crippen molar-refractivity contribution in [2.45, 2.75) is 38.8 Å². The second kappa shape index (κ2) is 6.49. The molecule has 2 aromatic heterocycles. The third-order valence-corrected chi connectivity index (χ3v) is 4.04. The molecule has 3 heterocycles. The number of aliphatic hydroxyl groups is 1. The Morgan fingerprint density at radius 3 is 2.74 bits per heavy atom. The molecule has 0 spiro atoms. The lowest BCUT2D eigenvalue weighted by Crippen LogP contribution is -2.47. The van der Waals surface area contributed by atoms with Gasteiger partial charge in [0.25, 0.3) is 0 Å². The first kappa shape index (κ1) is 15.7. The largest absolute Gasteiger partial charge is 0.478 e. The van der Waals surface area contributed by atoms with Gasteiger partial charge in [-0.15, -0.1) is 5.10 Å². The molecule has 0 bridgehead atoms. The first-order valence-corrected chi connectivity index (χ1v) is 7.88. The summed E-state index contributed by atoms with van der Waals surface area (Å²) < 4.78 is 7.16. The molecular weight excluding hydrogens is 296 g/mol. The van der Waals surface area contributed by atoms with Crippen LogP contribution in [0.1, 0.15) is 25.6 Å². The van der Waals surface area contributed by atoms with Crippen molar-refractivity contribution in [1.29, 1.82) is 0 Å². The van der Waals surface area contributed by atoms with Crippen LogP contribution < -0.4 is 9.64 Å². The second-order valence-electron chi connectivity index (χ2n) is 5.86. The van der Waals surface area contributed by atoms with E-state index < -0.39 is 5.60 Å². The highest BCUT2D eigenvalue weighted by Crippen LogP contribution is 2.27. The highest BCUT2D eigenvalue weighted by atomic mass is 16.5. The predicted octanol–water partition coefficient (Wildman–Crippen LogP) is 0.807. The summed E-state index contributed by atoms with van der Waals surface area (Å²) in [4.78, 5) is 10.9. The Morgan fingerprint density at radius 1 is 1.30 bits per heavy atom. The highest BCUT2D eigenvalue weighted by Gasteiger charge is 2.33. The lowest BCUT2D eigenvalue weighted by atomic mass is 9.91. The van der Waals surface area contributed by atoms with Gasteiger partial charge in [0, 0.05) is 25.4 Å². The summed E-state index contributed by atoms with van der Waals surface area (Å²) in [6.45, 7) is 6.29. The molecular formula is C15H22N6O2. The van der Waals surface area contributed by atoms with E-state index in [2.05, 4.69) is 25.2 Å². The van der Waals surface area contributed by atoms with Gasteiger partial charge in [0.1, 0.15) is 11.6 Å². The van der Waals surface area contributed by atoms with Crippen molar-refractivity contribution in [3.63, 3.8) is 0 Å². The molecule has 0 unspecified atom stereocenters. The molecule has 0 aliphatic carbocycles. The summed E-state index contributed by atoms with van der Waals surface area (Å²) in [6, 6.07) is 1.86. The molecule has 0 saturated carbocycles. The summed E-state index contributed by atoms with van der Waals surface area (Å²) in [5.41, 5.74) is -0.755. The summed E-state index contributed by atoms with van der Waals surface area (Å²) in [7, 11) is 0. The fourth-order valence-electron chi connectivity index (χ4n) is 2.84. The van der Waals surface area contributed by atoms with Gasteiger partial charge in [0.2, 0.25) is 5.88 Å². The van der Waals surface area contributed by atoms with Crippen LogP contribution in [0, 0.1) is 6.92 Å². The minimum atomic E-state index is -0.755. The second-order valence-corrected chi connectivity index (χ2v) is 5.86. The number of hydrogen-bond donors (Lipinski definition) is 1. The lowest BCUT2D eigenvalue weighted by Gasteiger charge is -2.38. The van der Waals surface area contributed by atoms with Crippen molar-refractivity contribution in [2.75, 3.05) is 24.6 Å². The molecule has 8 nitrogen and oxygen atoms in total. The van der Waals surface area contributed by atoms with E-state index in [0.29, 0.717) is 37.7 Å². The van der Waals surface area contributed by atoms with Crippen molar-refractivity contribution < 1.29 is 9.84 Å². The first-order valence-electron chi connectivity index (χ1n) is 7.88. The van der Waals surface area contributed by atoms with Gasteiger partial charge >= 0.3 is 0 Å². The van der Waals surface area contributed by atoms with E-state index in [0.717, 1.165) is 18.9 Å². The number of rotatable bonds is 5. The Morgan fingerprint density at radius 2 is 2.09 bits per heavy atom. The van der Waals surface area contributed by atoms with Gasteiger partial charge in [-0.1, -0.05) is 5.21 Å². The highest BCUT2D eigenvalue weighted by molar-refractivity contribution is 5.42. The van der Waals surface area contributed by atoms with Gasteiger partial charge in [0.05, 0.1) is 24.9 Å². The van der Waals surface area contributed by atoms with Crippen molar-refractivity contribution in [1.82, 2.24) is 25.0 Å². The van der Waals surface area contributed by atoms with Gasteiger partial charge < -0.3 is 14.7 Å². The van der Waals surface area contributed by atoms with Crippen LogP contribution in [0.25, 0.3) is 0 Å². The SMILES string of the molecule is CCOc1cc(N2CCC(O)(Cn3ccnn3)CC2)nc(C)n1. The van der Waals surface area contributed by atoms with Crippen molar-refractivity contribution in [2.24, 2.45) is 0 Å². The van der Waals surface area contributed by atoms with Gasteiger partial charge in [-0.25, -0.2) is 9.67 Å². The van der Waals surface area contributed by atoms with Gasteiger partial charge in [-0.05, 0) is 26.7 Å². The van der Waals surface area contributed by atoms with Crippen LogP contribution in [0.4, 0.5) is 5.82 Å². The average molecular weight is 318 g/mol. The van der Waals surface area contributed by atoms with E-state index in [1.165, 1.54) is 0 Å². The van der Waals surface area contributed by atoms with Crippen LogP contribution >= 0.6 is 0 Å². The van der Waals surface area contributed by atoms with E-state index in [4.69, 9.17) is 4.74 Å². The first-order chi connectivity index (χ1) is 11.1. The fourth-order valence-corrected chi connectivity index (χ4v) is 2.84. The standard InChI is InChI=1S/C15H22N6O2/c1-3-23-14-10-13(17-12(2)18-14)20-7-4-15(22,5-8-20)11-21-9-6-16-19-21/h6,9-10,22H,3-5,7-8,11H2,1-2H3. The van der Waals surface area contributed by atoms with Crippen molar-refractivity contribution in [3.8, 4) is 5.88 Å². The fraction of sp³-hybridized carbons (Fsp3) is 0.600. The zero-order valence-corrected chi connectivity index (χ0v) is 13.5. The van der Waals surface area contributed by atoms with Crippen LogP contribution in [0.3, 0.4) is 0 Å². The summed E-state index contributed by atoms with van der Waals surface area (Å²) in [5, 5.41) is 18.4. The Kier molecular flexibility index (Phi) is 4.42. The van der Waals surface area contributed by atoms with Crippen LogP contribution in [0.5, 0.6) is 5.88 Å².